The molecule has 0 radical (unpaired) electrons. The van der Waals surface area contributed by atoms with Gasteiger partial charge in [0.1, 0.15) is 5.78 Å². The molecule has 30 heavy (non-hydrogen) atoms. The molecule has 6 rings (SSSR count). The molecule has 0 heterocycles. The molecule has 2 spiro atoms. The summed E-state index contributed by atoms with van der Waals surface area (Å²) in [6, 6.07) is 0. The van der Waals surface area contributed by atoms with E-state index < -0.39 is 0 Å². The maximum absolute atomic E-state index is 14.4. The average molecular weight is 1080 g/mol. The third-order valence-electron chi connectivity index (χ3n) is 10.5. The first-order chi connectivity index (χ1) is 14.2. The van der Waals surface area contributed by atoms with Crippen molar-refractivity contribution in [1.29, 1.82) is 0 Å². The lowest BCUT2D eigenvalue weighted by atomic mass is 9.61. The summed E-state index contributed by atoms with van der Waals surface area (Å²) in [5, 5.41) is 0. The van der Waals surface area contributed by atoms with Crippen LogP contribution in [0.1, 0.15) is 51.4 Å². The molecule has 0 aromatic carbocycles. The van der Waals surface area contributed by atoms with Crippen molar-refractivity contribution in [2.45, 2.75) is 74.9 Å². The van der Waals surface area contributed by atoms with Gasteiger partial charge in [-0.15, -0.1) is 0 Å². The molecule has 6 fully saturated rings. The number of fused-ring (bicyclic) bond motifs is 6. The Bertz CT molecular complexity index is 750. The molecular weight excluding hydrogens is 1050 g/mol. The minimum Gasteiger partial charge on any atom is -0.298 e. The minimum absolute atomic E-state index is 0.0943. The summed E-state index contributed by atoms with van der Waals surface area (Å²) >= 11 is 16.3. The number of alkyl halides is 6. The molecule has 6 aliphatic rings. The third kappa shape index (κ3) is 3.21. The second-order valence-electron chi connectivity index (χ2n) is 11.3. The van der Waals surface area contributed by atoms with Gasteiger partial charge in [0.05, 0.1) is 0 Å². The van der Waals surface area contributed by atoms with Crippen molar-refractivity contribution in [3.05, 3.63) is 0 Å². The lowest BCUT2D eigenvalue weighted by Gasteiger charge is -2.46. The van der Waals surface area contributed by atoms with Crippen molar-refractivity contribution >= 4 is 141 Å². The number of carbonyl (C=O) groups is 1. The number of rotatable bonds is 3. The molecule has 1 nitrogen and oxygen atoms in total. The maximum atomic E-state index is 14.4. The van der Waals surface area contributed by atoms with Crippen LogP contribution in [0.4, 0.5) is 0 Å². The Balaban J connectivity index is 1.22. The fourth-order valence-electron chi connectivity index (χ4n) is 9.07. The van der Waals surface area contributed by atoms with Crippen LogP contribution in [0.3, 0.4) is 0 Å². The molecule has 0 aromatic heterocycles. The molecule has 4 bridgehead atoms. The standard InChI is InChI=1S/C23H28I6O/c24-15-9-5-13(11(15)1-2-12-17(26)20(29)18(12)27)22(7-9)3-4-23(21(22)30)8-10-6-14(23)19(28)16(10)25/h9-20H,1-8H2. The topological polar surface area (TPSA) is 17.1 Å². The fourth-order valence-corrected chi connectivity index (χ4v) is 18.3. The van der Waals surface area contributed by atoms with Gasteiger partial charge in [0.25, 0.3) is 0 Å². The van der Waals surface area contributed by atoms with Crippen molar-refractivity contribution in [2.24, 2.45) is 46.3 Å². The van der Waals surface area contributed by atoms with E-state index in [9.17, 15) is 4.79 Å². The molecule has 0 aliphatic heterocycles. The number of carbonyl (C=O) groups excluding carboxylic acids is 1. The lowest BCUT2D eigenvalue weighted by Crippen LogP contribution is -2.50. The van der Waals surface area contributed by atoms with E-state index in [-0.39, 0.29) is 10.8 Å². The number of halogens is 6. The highest BCUT2D eigenvalue weighted by Gasteiger charge is 2.73. The maximum Gasteiger partial charge on any atom is 0.145 e. The summed E-state index contributed by atoms with van der Waals surface area (Å²) < 4.78 is 4.94. The van der Waals surface area contributed by atoms with Crippen LogP contribution in [0, 0.1) is 46.3 Å². The van der Waals surface area contributed by atoms with E-state index in [4.69, 9.17) is 0 Å². The van der Waals surface area contributed by atoms with Crippen molar-refractivity contribution in [3.63, 3.8) is 0 Å². The van der Waals surface area contributed by atoms with Crippen LogP contribution in [0.2, 0.25) is 0 Å². The van der Waals surface area contributed by atoms with E-state index >= 15 is 0 Å². The van der Waals surface area contributed by atoms with Crippen molar-refractivity contribution in [1.82, 2.24) is 0 Å². The lowest BCUT2D eigenvalue weighted by molar-refractivity contribution is -0.139. The van der Waals surface area contributed by atoms with Gasteiger partial charge in [0.15, 0.2) is 0 Å². The van der Waals surface area contributed by atoms with Crippen molar-refractivity contribution in [2.75, 3.05) is 0 Å². The average Bonchev–Trinajstić information content (AvgIpc) is 3.51. The van der Waals surface area contributed by atoms with Gasteiger partial charge < -0.3 is 0 Å². The Morgan fingerprint density at radius 3 is 1.73 bits per heavy atom. The minimum atomic E-state index is 0.0943. The van der Waals surface area contributed by atoms with Gasteiger partial charge in [-0.3, -0.25) is 4.79 Å². The number of hydrogen-bond donors (Lipinski definition) is 0. The van der Waals surface area contributed by atoms with Crippen LogP contribution in [-0.2, 0) is 4.79 Å². The van der Waals surface area contributed by atoms with Crippen LogP contribution in [0.25, 0.3) is 0 Å². The Labute approximate surface area is 262 Å². The zero-order valence-electron chi connectivity index (χ0n) is 16.8. The smallest absolute Gasteiger partial charge is 0.145 e. The monoisotopic (exact) mass is 1080 g/mol. The highest BCUT2D eigenvalue weighted by molar-refractivity contribution is 14.1. The van der Waals surface area contributed by atoms with Gasteiger partial charge >= 0.3 is 0 Å². The SMILES string of the molecule is O=C1C2(CCC13CC1CC3C(CCC3C(I)C(I)C3I)C1I)CC1CC2C(I)C1I. The normalized spacial score (nSPS) is 63.5. The molecule has 6 aliphatic carbocycles. The summed E-state index contributed by atoms with van der Waals surface area (Å²) in [6.07, 6.45) is 10.5. The molecule has 0 N–H and O–H groups in total. The molecule has 168 valence electrons. The quantitative estimate of drug-likeness (QED) is 0.206. The predicted octanol–water partition coefficient (Wildman–Crippen LogP) is 8.25. The van der Waals surface area contributed by atoms with Crippen molar-refractivity contribution in [3.8, 4) is 0 Å². The summed E-state index contributed by atoms with van der Waals surface area (Å²) in [5.74, 6) is 5.58. The van der Waals surface area contributed by atoms with E-state index in [0.717, 1.165) is 53.0 Å². The van der Waals surface area contributed by atoms with Crippen LogP contribution in [0.5, 0.6) is 0 Å². The summed E-state index contributed by atoms with van der Waals surface area (Å²) in [6.45, 7) is 0. The summed E-state index contributed by atoms with van der Waals surface area (Å²) in [4.78, 5) is 14.4. The number of ketones is 1. The molecule has 12 unspecified atom stereocenters. The van der Waals surface area contributed by atoms with Crippen molar-refractivity contribution < 1.29 is 4.79 Å². The molecule has 7 heteroatoms. The van der Waals surface area contributed by atoms with E-state index in [1.165, 1.54) is 51.4 Å². The second-order valence-corrected chi connectivity index (χ2v) is 20.0. The van der Waals surface area contributed by atoms with Gasteiger partial charge in [0.2, 0.25) is 0 Å². The van der Waals surface area contributed by atoms with Gasteiger partial charge in [-0.05, 0) is 86.9 Å². The van der Waals surface area contributed by atoms with Gasteiger partial charge in [0, 0.05) is 34.4 Å². The van der Waals surface area contributed by atoms with Gasteiger partial charge in [-0.2, -0.15) is 0 Å². The Hall–Kier alpha value is 4.05. The van der Waals surface area contributed by atoms with Gasteiger partial charge in [-0.1, -0.05) is 136 Å². The Kier molecular flexibility index (Phi) is 6.94. The second kappa shape index (κ2) is 8.54. The van der Waals surface area contributed by atoms with Gasteiger partial charge in [-0.25, -0.2) is 0 Å². The highest BCUT2D eigenvalue weighted by atomic mass is 127. The van der Waals surface area contributed by atoms with Crippen LogP contribution in [-0.4, -0.2) is 29.3 Å². The highest BCUT2D eigenvalue weighted by Crippen LogP contribution is 2.74. The molecule has 6 saturated carbocycles. The number of Topliss-reactive ketones (excluding diaryl/α,β-unsaturated/α-hetero) is 1. The van der Waals surface area contributed by atoms with Crippen LogP contribution < -0.4 is 0 Å². The first-order valence-corrected chi connectivity index (χ1v) is 19.1. The zero-order valence-corrected chi connectivity index (χ0v) is 29.7. The molecule has 0 aromatic rings. The molecule has 0 saturated heterocycles. The third-order valence-corrected chi connectivity index (χ3v) is 24.9. The predicted molar refractivity (Wildman–Crippen MR) is 175 cm³/mol. The van der Waals surface area contributed by atoms with E-state index in [1.807, 2.05) is 0 Å². The fraction of sp³-hybridized carbons (Fsp3) is 0.957. The molecule has 12 atom stereocenters. The first kappa shape index (κ1) is 24.4. The zero-order chi connectivity index (χ0) is 21.2. The summed E-state index contributed by atoms with van der Waals surface area (Å²) in [7, 11) is 0. The summed E-state index contributed by atoms with van der Waals surface area (Å²) in [5.41, 5.74) is 0.189. The number of hydrogen-bond acceptors (Lipinski definition) is 1. The first-order valence-electron chi connectivity index (χ1n) is 11.6. The van der Waals surface area contributed by atoms with E-state index in [0.29, 0.717) is 11.8 Å². The van der Waals surface area contributed by atoms with Crippen LogP contribution in [0.15, 0.2) is 0 Å². The van der Waals surface area contributed by atoms with E-state index in [1.54, 1.807) is 0 Å². The Morgan fingerprint density at radius 2 is 1.17 bits per heavy atom. The van der Waals surface area contributed by atoms with E-state index in [2.05, 4.69) is 136 Å². The molecule has 0 amide bonds. The van der Waals surface area contributed by atoms with Crippen LogP contribution >= 0.6 is 136 Å². The Morgan fingerprint density at radius 1 is 0.633 bits per heavy atom. The molecular formula is C23H28I6O. The largest absolute Gasteiger partial charge is 0.298 e.